The molecular weight excluding hydrogens is 318 g/mol. The fourth-order valence-electron chi connectivity index (χ4n) is 2.14. The lowest BCUT2D eigenvalue weighted by molar-refractivity contribution is -0.138. The van der Waals surface area contributed by atoms with E-state index in [1.807, 2.05) is 24.3 Å². The molecule has 3 rings (SSSR count). The van der Waals surface area contributed by atoms with E-state index in [0.29, 0.717) is 29.6 Å². The molecule has 1 aliphatic heterocycles. The second kappa shape index (κ2) is 6.29. The number of ether oxygens (including phenoxy) is 2. The van der Waals surface area contributed by atoms with Gasteiger partial charge in [-0.15, -0.1) is 11.3 Å². The maximum absolute atomic E-state index is 12.0. The van der Waals surface area contributed by atoms with Crippen LogP contribution >= 0.6 is 11.3 Å². The van der Waals surface area contributed by atoms with Crippen LogP contribution in [0.1, 0.15) is 16.6 Å². The molecule has 6 nitrogen and oxygen atoms in total. The predicted octanol–water partition coefficient (Wildman–Crippen LogP) is 2.39. The zero-order valence-electron chi connectivity index (χ0n) is 12.4. The summed E-state index contributed by atoms with van der Waals surface area (Å²) in [4.78, 5) is 24.2. The Labute approximate surface area is 136 Å². The second-order valence-corrected chi connectivity index (χ2v) is 6.14. The van der Waals surface area contributed by atoms with Crippen LogP contribution < -0.4 is 14.8 Å². The van der Waals surface area contributed by atoms with Crippen LogP contribution in [0, 0.1) is 0 Å². The number of carboxylic acid groups (broad SMARTS) is 1. The number of benzene rings is 1. The molecule has 7 heteroatoms. The Hall–Kier alpha value is -2.54. The first-order valence-electron chi connectivity index (χ1n) is 7.08. The molecule has 1 unspecified atom stereocenters. The van der Waals surface area contributed by atoms with Crippen molar-refractivity contribution in [3.05, 3.63) is 35.2 Å². The summed E-state index contributed by atoms with van der Waals surface area (Å²) in [7, 11) is 0. The molecule has 1 amide bonds. The van der Waals surface area contributed by atoms with E-state index in [4.69, 9.17) is 14.6 Å². The molecule has 0 aliphatic carbocycles. The van der Waals surface area contributed by atoms with Crippen molar-refractivity contribution in [3.8, 4) is 21.9 Å². The zero-order valence-corrected chi connectivity index (χ0v) is 13.2. The van der Waals surface area contributed by atoms with Crippen LogP contribution in [0.25, 0.3) is 10.4 Å². The molecule has 120 valence electrons. The maximum atomic E-state index is 12.0. The highest BCUT2D eigenvalue weighted by Gasteiger charge is 2.18. The van der Waals surface area contributed by atoms with Crippen molar-refractivity contribution in [1.29, 1.82) is 0 Å². The van der Waals surface area contributed by atoms with Crippen molar-refractivity contribution in [2.24, 2.45) is 0 Å². The molecule has 0 bridgehead atoms. The molecule has 2 N–H and O–H groups in total. The lowest BCUT2D eigenvalue weighted by atomic mass is 10.1. The van der Waals surface area contributed by atoms with E-state index < -0.39 is 17.9 Å². The zero-order chi connectivity index (χ0) is 16.4. The molecule has 1 aromatic heterocycles. The SMILES string of the molecule is CC(NC(=O)c1ccc(-c2ccc3c(c2)OCCO3)s1)C(=O)O. The average Bonchev–Trinajstić information content (AvgIpc) is 3.04. The van der Waals surface area contributed by atoms with Gasteiger partial charge in [0.05, 0.1) is 4.88 Å². The van der Waals surface area contributed by atoms with Crippen molar-refractivity contribution in [1.82, 2.24) is 5.32 Å². The molecule has 23 heavy (non-hydrogen) atoms. The summed E-state index contributed by atoms with van der Waals surface area (Å²) in [5.74, 6) is -0.0619. The first-order valence-corrected chi connectivity index (χ1v) is 7.90. The highest BCUT2D eigenvalue weighted by Crippen LogP contribution is 2.36. The number of nitrogens with one attached hydrogen (secondary N) is 1. The molecule has 0 radical (unpaired) electrons. The summed E-state index contributed by atoms with van der Waals surface area (Å²) in [6.45, 7) is 2.48. The van der Waals surface area contributed by atoms with Crippen molar-refractivity contribution in [2.45, 2.75) is 13.0 Å². The molecule has 2 heterocycles. The van der Waals surface area contributed by atoms with E-state index in [1.54, 1.807) is 6.07 Å². The van der Waals surface area contributed by atoms with Gasteiger partial charge in [-0.25, -0.2) is 0 Å². The number of fused-ring (bicyclic) bond motifs is 1. The number of carboxylic acids is 1. The summed E-state index contributed by atoms with van der Waals surface area (Å²) < 4.78 is 11.0. The van der Waals surface area contributed by atoms with Gasteiger partial charge in [-0.3, -0.25) is 9.59 Å². The number of amides is 1. The van der Waals surface area contributed by atoms with Gasteiger partial charge < -0.3 is 19.9 Å². The Morgan fingerprint density at radius 3 is 2.65 bits per heavy atom. The lowest BCUT2D eigenvalue weighted by Crippen LogP contribution is -2.37. The standard InChI is InChI=1S/C16H15NO5S/c1-9(16(19)20)17-15(18)14-5-4-13(23-14)10-2-3-11-12(8-10)22-7-6-21-11/h2-5,8-9H,6-7H2,1H3,(H,17,18)(H,19,20). The fraction of sp³-hybridized carbons (Fsp3) is 0.250. The van der Waals surface area contributed by atoms with Gasteiger partial charge in [0.2, 0.25) is 0 Å². The second-order valence-electron chi connectivity index (χ2n) is 5.06. The Bertz CT molecular complexity index is 755. The molecule has 0 saturated carbocycles. The smallest absolute Gasteiger partial charge is 0.325 e. The van der Waals surface area contributed by atoms with Gasteiger partial charge in [-0.05, 0) is 42.8 Å². The molecule has 2 aromatic rings. The topological polar surface area (TPSA) is 84.9 Å². The van der Waals surface area contributed by atoms with Crippen molar-refractivity contribution in [2.75, 3.05) is 13.2 Å². The third-order valence-corrected chi connectivity index (χ3v) is 4.51. The van der Waals surface area contributed by atoms with Crippen LogP contribution in [0.3, 0.4) is 0 Å². The summed E-state index contributed by atoms with van der Waals surface area (Å²) in [5, 5.41) is 11.3. The highest BCUT2D eigenvalue weighted by molar-refractivity contribution is 7.17. The van der Waals surface area contributed by atoms with Gasteiger partial charge in [0, 0.05) is 4.88 Å². The third kappa shape index (κ3) is 3.29. The Morgan fingerprint density at radius 1 is 1.17 bits per heavy atom. The minimum absolute atomic E-state index is 0.395. The quantitative estimate of drug-likeness (QED) is 0.897. The van der Waals surface area contributed by atoms with Crippen LogP contribution in [0.2, 0.25) is 0 Å². The minimum Gasteiger partial charge on any atom is -0.486 e. The van der Waals surface area contributed by atoms with Crippen molar-refractivity contribution in [3.63, 3.8) is 0 Å². The van der Waals surface area contributed by atoms with Gasteiger partial charge in [0.25, 0.3) is 5.91 Å². The number of aliphatic carboxylic acids is 1. The molecule has 0 fully saturated rings. The molecule has 1 aromatic carbocycles. The van der Waals surface area contributed by atoms with Gasteiger partial charge in [-0.2, -0.15) is 0 Å². The average molecular weight is 333 g/mol. The molecule has 1 atom stereocenters. The van der Waals surface area contributed by atoms with Gasteiger partial charge in [-0.1, -0.05) is 0 Å². The largest absolute Gasteiger partial charge is 0.486 e. The van der Waals surface area contributed by atoms with Crippen LogP contribution in [-0.2, 0) is 4.79 Å². The Morgan fingerprint density at radius 2 is 1.91 bits per heavy atom. The van der Waals surface area contributed by atoms with Crippen LogP contribution in [0.5, 0.6) is 11.5 Å². The Kier molecular flexibility index (Phi) is 4.20. The number of carbonyl (C=O) groups excluding carboxylic acids is 1. The van der Waals surface area contributed by atoms with Gasteiger partial charge in [0.15, 0.2) is 11.5 Å². The van der Waals surface area contributed by atoms with E-state index in [0.717, 1.165) is 10.4 Å². The van der Waals surface area contributed by atoms with Crippen LogP contribution in [-0.4, -0.2) is 36.2 Å². The van der Waals surface area contributed by atoms with Gasteiger partial charge >= 0.3 is 5.97 Å². The number of rotatable bonds is 4. The number of hydrogen-bond donors (Lipinski definition) is 2. The summed E-state index contributed by atoms with van der Waals surface area (Å²) in [6.07, 6.45) is 0. The third-order valence-electron chi connectivity index (χ3n) is 3.37. The normalized spacial score (nSPS) is 14.1. The van der Waals surface area contributed by atoms with Crippen LogP contribution in [0.4, 0.5) is 0 Å². The lowest BCUT2D eigenvalue weighted by Gasteiger charge is -2.18. The molecule has 0 saturated heterocycles. The van der Waals surface area contributed by atoms with Crippen LogP contribution in [0.15, 0.2) is 30.3 Å². The first-order chi connectivity index (χ1) is 11.0. The van der Waals surface area contributed by atoms with E-state index in [9.17, 15) is 9.59 Å². The number of thiophene rings is 1. The molecule has 0 spiro atoms. The Balaban J connectivity index is 1.79. The monoisotopic (exact) mass is 333 g/mol. The minimum atomic E-state index is -1.07. The van der Waals surface area contributed by atoms with E-state index in [1.165, 1.54) is 18.3 Å². The highest BCUT2D eigenvalue weighted by atomic mass is 32.1. The van der Waals surface area contributed by atoms with Crippen molar-refractivity contribution < 1.29 is 24.2 Å². The first kappa shape index (κ1) is 15.4. The molecule has 1 aliphatic rings. The van der Waals surface area contributed by atoms with E-state index >= 15 is 0 Å². The maximum Gasteiger partial charge on any atom is 0.325 e. The summed E-state index contributed by atoms with van der Waals surface area (Å²) in [5.41, 5.74) is 0.921. The predicted molar refractivity (Wildman–Crippen MR) is 85.3 cm³/mol. The van der Waals surface area contributed by atoms with E-state index in [2.05, 4.69) is 5.32 Å². The summed E-state index contributed by atoms with van der Waals surface area (Å²) >= 11 is 1.30. The fourth-order valence-corrected chi connectivity index (χ4v) is 3.05. The number of hydrogen-bond acceptors (Lipinski definition) is 5. The number of carbonyl (C=O) groups is 2. The van der Waals surface area contributed by atoms with Gasteiger partial charge in [0.1, 0.15) is 19.3 Å². The molecular formula is C16H15NO5S. The van der Waals surface area contributed by atoms with E-state index in [-0.39, 0.29) is 0 Å². The summed E-state index contributed by atoms with van der Waals surface area (Å²) in [6, 6.07) is 8.21. The van der Waals surface area contributed by atoms with Crippen molar-refractivity contribution >= 4 is 23.2 Å².